The number of fused-ring (bicyclic) bond motifs is 1. The van der Waals surface area contributed by atoms with Crippen LogP contribution in [0.3, 0.4) is 0 Å². The summed E-state index contributed by atoms with van der Waals surface area (Å²) in [7, 11) is 0. The van der Waals surface area contributed by atoms with Gasteiger partial charge in [-0.1, -0.05) is 31.2 Å². The maximum atomic E-state index is 13.0. The van der Waals surface area contributed by atoms with E-state index in [2.05, 4.69) is 32.8 Å². The van der Waals surface area contributed by atoms with E-state index in [9.17, 15) is 4.79 Å². The van der Waals surface area contributed by atoms with Gasteiger partial charge in [0.05, 0.1) is 11.3 Å². The lowest BCUT2D eigenvalue weighted by atomic mass is 10.0. The number of hydrogen-bond acceptors (Lipinski definition) is 7. The van der Waals surface area contributed by atoms with Gasteiger partial charge in [-0.2, -0.15) is 0 Å². The van der Waals surface area contributed by atoms with Crippen LogP contribution in [0.5, 0.6) is 11.6 Å². The van der Waals surface area contributed by atoms with Gasteiger partial charge in [0.25, 0.3) is 0 Å². The van der Waals surface area contributed by atoms with Crippen LogP contribution in [0.2, 0.25) is 0 Å². The van der Waals surface area contributed by atoms with E-state index in [-0.39, 0.29) is 11.8 Å². The number of rotatable bonds is 7. The third-order valence-corrected chi connectivity index (χ3v) is 8.06. The molecule has 8 heteroatoms. The van der Waals surface area contributed by atoms with Gasteiger partial charge in [0, 0.05) is 47.4 Å². The van der Waals surface area contributed by atoms with Gasteiger partial charge in [-0.15, -0.1) is 0 Å². The summed E-state index contributed by atoms with van der Waals surface area (Å²) in [6.45, 7) is 6.19. The molecule has 0 radical (unpaired) electrons. The van der Waals surface area contributed by atoms with Gasteiger partial charge in [0.2, 0.25) is 17.7 Å². The van der Waals surface area contributed by atoms with Crippen molar-refractivity contribution in [1.29, 1.82) is 0 Å². The molecule has 6 rings (SSSR count). The van der Waals surface area contributed by atoms with E-state index in [1.165, 1.54) is 0 Å². The molecule has 1 saturated carbocycles. The Labute approximate surface area is 235 Å². The first-order valence-corrected chi connectivity index (χ1v) is 14.3. The first-order chi connectivity index (χ1) is 19.5. The zero-order valence-corrected chi connectivity index (χ0v) is 23.1. The van der Waals surface area contributed by atoms with Crippen molar-refractivity contribution < 1.29 is 9.53 Å². The third-order valence-electron chi connectivity index (χ3n) is 8.06. The third kappa shape index (κ3) is 5.63. The zero-order valence-electron chi connectivity index (χ0n) is 23.1. The first kappa shape index (κ1) is 26.2. The summed E-state index contributed by atoms with van der Waals surface area (Å²) in [6.07, 6.45) is 8.72. The van der Waals surface area contributed by atoms with Gasteiger partial charge >= 0.3 is 0 Å². The molecule has 2 aromatic heterocycles. The van der Waals surface area contributed by atoms with Crippen LogP contribution in [0.1, 0.15) is 44.6 Å². The van der Waals surface area contributed by atoms with Gasteiger partial charge in [0.15, 0.2) is 0 Å². The van der Waals surface area contributed by atoms with Crippen LogP contribution in [0.15, 0.2) is 60.9 Å². The number of anilines is 2. The van der Waals surface area contributed by atoms with Crippen molar-refractivity contribution >= 4 is 28.3 Å². The first-order valence-electron chi connectivity index (χ1n) is 14.3. The van der Waals surface area contributed by atoms with Crippen molar-refractivity contribution in [1.82, 2.24) is 20.3 Å². The Morgan fingerprint density at radius 1 is 1.00 bits per heavy atom. The smallest absolute Gasteiger partial charge is 0.228 e. The van der Waals surface area contributed by atoms with E-state index in [4.69, 9.17) is 9.72 Å². The van der Waals surface area contributed by atoms with Crippen LogP contribution in [0, 0.1) is 18.8 Å². The fourth-order valence-corrected chi connectivity index (χ4v) is 5.86. The fraction of sp³-hybridized carbons (Fsp3) is 0.375. The van der Waals surface area contributed by atoms with E-state index in [0.29, 0.717) is 29.5 Å². The monoisotopic (exact) mass is 536 g/mol. The van der Waals surface area contributed by atoms with Crippen molar-refractivity contribution in [2.24, 2.45) is 11.8 Å². The van der Waals surface area contributed by atoms with E-state index < -0.39 is 0 Å². The highest BCUT2D eigenvalue weighted by molar-refractivity contribution is 6.05. The molecule has 3 atom stereocenters. The minimum atomic E-state index is 0.0733. The Bertz CT molecular complexity index is 1520. The molecule has 2 fully saturated rings. The number of nitrogens with one attached hydrogen (secondary N) is 3. The second kappa shape index (κ2) is 11.6. The summed E-state index contributed by atoms with van der Waals surface area (Å²) in [5.41, 5.74) is 3.30. The number of benzene rings is 2. The molecule has 8 nitrogen and oxygen atoms in total. The second-order valence-corrected chi connectivity index (χ2v) is 11.1. The number of aryl methyl sites for hydroxylation is 1. The van der Waals surface area contributed by atoms with Crippen LogP contribution in [-0.4, -0.2) is 40.0 Å². The minimum absolute atomic E-state index is 0.0733. The number of amides is 1. The number of carbonyl (C=O) groups excluding carboxylic acids is 1. The standard InChI is InChI=1S/C32H36N6O2/c1-20-10-12-22(18-20)30(39)37-27-9-3-7-25-24(27)13-11-21(2)29(25)40-31-26(8-5-16-34-31)28-14-17-35-32(38-28)36-23-6-4-15-33-19-23/h3,5,7-9,11,13-14,16-17,20,22-23,33H,4,6,10,12,15,18-19H2,1-2H3,(H,37,39)(H,35,36,38)/t20?,22-,23?/m0/s1. The minimum Gasteiger partial charge on any atom is -0.437 e. The lowest BCUT2D eigenvalue weighted by molar-refractivity contribution is -0.119. The normalized spacial score (nSPS) is 20.8. The van der Waals surface area contributed by atoms with Gasteiger partial charge < -0.3 is 20.7 Å². The molecule has 1 aliphatic heterocycles. The lowest BCUT2D eigenvalue weighted by Crippen LogP contribution is -2.38. The summed E-state index contributed by atoms with van der Waals surface area (Å²) in [6, 6.07) is 16.1. The molecule has 40 heavy (non-hydrogen) atoms. The van der Waals surface area contributed by atoms with Gasteiger partial charge in [-0.05, 0) is 81.3 Å². The fourth-order valence-electron chi connectivity index (χ4n) is 5.86. The Morgan fingerprint density at radius 2 is 1.93 bits per heavy atom. The molecule has 2 aliphatic rings. The highest BCUT2D eigenvalue weighted by Crippen LogP contribution is 2.39. The summed E-state index contributed by atoms with van der Waals surface area (Å²) >= 11 is 0. The Morgan fingerprint density at radius 3 is 2.75 bits per heavy atom. The number of nitrogens with zero attached hydrogens (tertiary/aromatic N) is 3. The molecule has 1 aliphatic carbocycles. The Balaban J connectivity index is 1.29. The van der Waals surface area contributed by atoms with Crippen molar-refractivity contribution in [3.8, 4) is 22.9 Å². The summed E-state index contributed by atoms with van der Waals surface area (Å²) in [4.78, 5) is 26.9. The quantitative estimate of drug-likeness (QED) is 0.254. The molecule has 3 N–H and O–H groups in total. The summed E-state index contributed by atoms with van der Waals surface area (Å²) < 4.78 is 6.56. The van der Waals surface area contributed by atoms with Crippen LogP contribution in [0.25, 0.3) is 22.0 Å². The SMILES string of the molecule is Cc1ccc2c(NC(=O)[C@H]3CCC(C)C3)cccc2c1Oc1ncccc1-c1ccnc(NC2CCCNC2)n1. The molecule has 2 aromatic carbocycles. The topological polar surface area (TPSA) is 101 Å². The lowest BCUT2D eigenvalue weighted by Gasteiger charge is -2.23. The molecular weight excluding hydrogens is 500 g/mol. The predicted molar refractivity (Wildman–Crippen MR) is 159 cm³/mol. The van der Waals surface area contributed by atoms with Gasteiger partial charge in [0.1, 0.15) is 5.75 Å². The average Bonchev–Trinajstić information content (AvgIpc) is 3.42. The molecule has 0 bridgehead atoms. The number of pyridine rings is 1. The average molecular weight is 537 g/mol. The summed E-state index contributed by atoms with van der Waals surface area (Å²) in [5.74, 6) is 2.55. The van der Waals surface area contributed by atoms with Gasteiger partial charge in [-0.25, -0.2) is 15.0 Å². The van der Waals surface area contributed by atoms with E-state index in [1.54, 1.807) is 12.4 Å². The predicted octanol–water partition coefficient (Wildman–Crippen LogP) is 6.33. The number of carbonyl (C=O) groups is 1. The van der Waals surface area contributed by atoms with Crippen molar-refractivity contribution in [3.63, 3.8) is 0 Å². The largest absolute Gasteiger partial charge is 0.437 e. The summed E-state index contributed by atoms with van der Waals surface area (Å²) in [5, 5.41) is 11.9. The van der Waals surface area contributed by atoms with Crippen LogP contribution >= 0.6 is 0 Å². The highest BCUT2D eigenvalue weighted by atomic mass is 16.5. The van der Waals surface area contributed by atoms with Crippen molar-refractivity contribution in [2.45, 2.75) is 52.0 Å². The second-order valence-electron chi connectivity index (χ2n) is 11.1. The van der Waals surface area contributed by atoms with E-state index in [0.717, 1.165) is 78.5 Å². The van der Waals surface area contributed by atoms with Crippen molar-refractivity contribution in [2.75, 3.05) is 23.7 Å². The number of ether oxygens (including phenoxy) is 1. The Kier molecular flexibility index (Phi) is 7.60. The van der Waals surface area contributed by atoms with Crippen molar-refractivity contribution in [3.05, 3.63) is 66.5 Å². The molecule has 0 spiro atoms. The molecule has 206 valence electrons. The van der Waals surface area contributed by atoms with Crippen LogP contribution in [0.4, 0.5) is 11.6 Å². The highest BCUT2D eigenvalue weighted by Gasteiger charge is 2.28. The number of piperidine rings is 1. The van der Waals surface area contributed by atoms with E-state index >= 15 is 0 Å². The number of aromatic nitrogens is 3. The maximum Gasteiger partial charge on any atom is 0.228 e. The number of hydrogen-bond donors (Lipinski definition) is 3. The molecule has 1 amide bonds. The van der Waals surface area contributed by atoms with E-state index in [1.807, 2.05) is 55.5 Å². The zero-order chi connectivity index (χ0) is 27.5. The van der Waals surface area contributed by atoms with Crippen LogP contribution in [-0.2, 0) is 4.79 Å². The molecule has 1 saturated heterocycles. The maximum absolute atomic E-state index is 13.0. The Hall–Kier alpha value is -4.04. The molecule has 3 heterocycles. The molecule has 2 unspecified atom stereocenters. The van der Waals surface area contributed by atoms with Crippen LogP contribution < -0.4 is 20.7 Å². The molecular formula is C32H36N6O2. The van der Waals surface area contributed by atoms with Gasteiger partial charge in [-0.3, -0.25) is 4.79 Å². The molecule has 4 aromatic rings.